The Morgan fingerprint density at radius 1 is 1.67 bits per heavy atom. The molecule has 0 aliphatic heterocycles. The molecule has 0 spiro atoms. The van der Waals surface area contributed by atoms with Crippen LogP contribution in [0.2, 0.25) is 0 Å². The van der Waals surface area contributed by atoms with Crippen LogP contribution in [0.1, 0.15) is 12.5 Å². The van der Waals surface area contributed by atoms with Gasteiger partial charge in [0.05, 0.1) is 0 Å². The zero-order chi connectivity index (χ0) is 9.14. The van der Waals surface area contributed by atoms with Gasteiger partial charge in [-0.05, 0) is 19.9 Å². The van der Waals surface area contributed by atoms with Crippen LogP contribution >= 0.6 is 0 Å². The van der Waals surface area contributed by atoms with Gasteiger partial charge in [-0.1, -0.05) is 6.07 Å². The minimum absolute atomic E-state index is 0.0181. The number of hydrogen-bond donors (Lipinski definition) is 1. The second kappa shape index (κ2) is 3.54. The summed E-state index contributed by atoms with van der Waals surface area (Å²) in [6, 6.07) is 3.68. The molecule has 2 N–H and O–H groups in total. The summed E-state index contributed by atoms with van der Waals surface area (Å²) < 4.78 is 1.64. The van der Waals surface area contributed by atoms with Crippen molar-refractivity contribution in [3.05, 3.63) is 34.2 Å². The molecule has 12 heavy (non-hydrogen) atoms. The second-order valence-electron chi connectivity index (χ2n) is 3.13. The molecule has 0 aliphatic rings. The van der Waals surface area contributed by atoms with E-state index < -0.39 is 0 Å². The molecule has 0 unspecified atom stereocenters. The largest absolute Gasteiger partial charge is 0.326 e. The smallest absolute Gasteiger partial charge is 0.253 e. The fourth-order valence-corrected chi connectivity index (χ4v) is 1.11. The predicted octanol–water partition coefficient (Wildman–Crippen LogP) is 0.504. The van der Waals surface area contributed by atoms with E-state index in [0.717, 1.165) is 5.56 Å². The number of aromatic nitrogens is 1. The Balaban J connectivity index is 3.01. The molecule has 3 heteroatoms. The number of pyridine rings is 1. The zero-order valence-electron chi connectivity index (χ0n) is 7.45. The average molecular weight is 166 g/mol. The van der Waals surface area contributed by atoms with Gasteiger partial charge in [-0.3, -0.25) is 4.79 Å². The van der Waals surface area contributed by atoms with Crippen molar-refractivity contribution in [2.75, 3.05) is 0 Å². The summed E-state index contributed by atoms with van der Waals surface area (Å²) in [5.74, 6) is 0. The lowest BCUT2D eigenvalue weighted by Gasteiger charge is -2.08. The molecule has 3 nitrogen and oxygen atoms in total. The van der Waals surface area contributed by atoms with Gasteiger partial charge in [0, 0.05) is 24.3 Å². The van der Waals surface area contributed by atoms with Crippen molar-refractivity contribution in [2.24, 2.45) is 5.73 Å². The van der Waals surface area contributed by atoms with Crippen LogP contribution in [0.25, 0.3) is 0 Å². The van der Waals surface area contributed by atoms with Crippen molar-refractivity contribution in [1.82, 2.24) is 4.57 Å². The third kappa shape index (κ3) is 1.95. The van der Waals surface area contributed by atoms with E-state index >= 15 is 0 Å². The molecular formula is C9H14N2O. The van der Waals surface area contributed by atoms with E-state index in [1.807, 2.05) is 13.0 Å². The number of hydrogen-bond acceptors (Lipinski definition) is 2. The fraction of sp³-hybridized carbons (Fsp3) is 0.444. The van der Waals surface area contributed by atoms with Crippen molar-refractivity contribution in [3.63, 3.8) is 0 Å². The van der Waals surface area contributed by atoms with Crippen LogP contribution in [0.5, 0.6) is 0 Å². The first kappa shape index (κ1) is 9.00. The van der Waals surface area contributed by atoms with Crippen LogP contribution in [0.3, 0.4) is 0 Å². The standard InChI is InChI=1S/C9H14N2O/c1-7-4-3-5-11(9(7)12)6-8(2)10/h3-5,8H,6,10H2,1-2H3/t8-/m0/s1. The average Bonchev–Trinajstić information content (AvgIpc) is 1.98. The highest BCUT2D eigenvalue weighted by Gasteiger charge is 1.99. The number of aryl methyl sites for hydroxylation is 1. The molecule has 1 aromatic heterocycles. The lowest BCUT2D eigenvalue weighted by Crippen LogP contribution is -2.30. The van der Waals surface area contributed by atoms with E-state index in [2.05, 4.69) is 0 Å². The van der Waals surface area contributed by atoms with Crippen LogP contribution in [0.4, 0.5) is 0 Å². The van der Waals surface area contributed by atoms with E-state index in [4.69, 9.17) is 5.73 Å². The molecule has 0 aliphatic carbocycles. The summed E-state index contributed by atoms with van der Waals surface area (Å²) in [6.07, 6.45) is 1.76. The molecule has 0 saturated carbocycles. The van der Waals surface area contributed by atoms with Crippen LogP contribution in [0.15, 0.2) is 23.1 Å². The topological polar surface area (TPSA) is 48.0 Å². The van der Waals surface area contributed by atoms with E-state index in [-0.39, 0.29) is 11.6 Å². The zero-order valence-corrected chi connectivity index (χ0v) is 7.45. The number of nitrogens with zero attached hydrogens (tertiary/aromatic N) is 1. The number of rotatable bonds is 2. The third-order valence-corrected chi connectivity index (χ3v) is 1.70. The fourth-order valence-electron chi connectivity index (χ4n) is 1.11. The van der Waals surface area contributed by atoms with Gasteiger partial charge in [-0.25, -0.2) is 0 Å². The van der Waals surface area contributed by atoms with Gasteiger partial charge >= 0.3 is 0 Å². The van der Waals surface area contributed by atoms with Gasteiger partial charge in [0.1, 0.15) is 0 Å². The normalized spacial score (nSPS) is 12.9. The van der Waals surface area contributed by atoms with E-state index in [1.165, 1.54) is 0 Å². The maximum Gasteiger partial charge on any atom is 0.253 e. The van der Waals surface area contributed by atoms with Crippen LogP contribution in [-0.4, -0.2) is 10.6 Å². The maximum atomic E-state index is 11.4. The Morgan fingerprint density at radius 2 is 2.33 bits per heavy atom. The molecule has 1 rings (SSSR count). The molecule has 1 aromatic rings. The maximum absolute atomic E-state index is 11.4. The molecule has 0 amide bonds. The molecule has 0 aromatic carbocycles. The van der Waals surface area contributed by atoms with E-state index in [0.29, 0.717) is 6.54 Å². The summed E-state index contributed by atoms with van der Waals surface area (Å²) in [5, 5.41) is 0. The SMILES string of the molecule is Cc1cccn(C[C@H](C)N)c1=O. The van der Waals surface area contributed by atoms with Crippen molar-refractivity contribution < 1.29 is 0 Å². The van der Waals surface area contributed by atoms with Crippen molar-refractivity contribution in [2.45, 2.75) is 26.4 Å². The van der Waals surface area contributed by atoms with Crippen molar-refractivity contribution in [3.8, 4) is 0 Å². The first-order valence-electron chi connectivity index (χ1n) is 4.03. The first-order valence-corrected chi connectivity index (χ1v) is 4.03. The Morgan fingerprint density at radius 3 is 2.92 bits per heavy atom. The van der Waals surface area contributed by atoms with E-state index in [1.54, 1.807) is 23.8 Å². The molecule has 66 valence electrons. The van der Waals surface area contributed by atoms with Crippen LogP contribution in [0, 0.1) is 6.92 Å². The number of nitrogens with two attached hydrogens (primary N) is 1. The van der Waals surface area contributed by atoms with Crippen LogP contribution in [-0.2, 0) is 6.54 Å². The van der Waals surface area contributed by atoms with Crippen molar-refractivity contribution in [1.29, 1.82) is 0 Å². The molecular weight excluding hydrogens is 152 g/mol. The highest BCUT2D eigenvalue weighted by Crippen LogP contribution is 1.90. The minimum atomic E-state index is 0.0181. The lowest BCUT2D eigenvalue weighted by atomic mass is 10.3. The Bertz CT molecular complexity index is 315. The van der Waals surface area contributed by atoms with Crippen molar-refractivity contribution >= 4 is 0 Å². The lowest BCUT2D eigenvalue weighted by molar-refractivity contribution is 0.572. The molecule has 0 saturated heterocycles. The summed E-state index contributed by atoms with van der Waals surface area (Å²) in [5.41, 5.74) is 6.40. The molecule has 0 bridgehead atoms. The van der Waals surface area contributed by atoms with Gasteiger partial charge in [0.25, 0.3) is 5.56 Å². The van der Waals surface area contributed by atoms with Crippen LogP contribution < -0.4 is 11.3 Å². The monoisotopic (exact) mass is 166 g/mol. The van der Waals surface area contributed by atoms with E-state index in [9.17, 15) is 4.79 Å². The molecule has 1 heterocycles. The van der Waals surface area contributed by atoms with Gasteiger partial charge < -0.3 is 10.3 Å². The Kier molecular flexibility index (Phi) is 2.65. The second-order valence-corrected chi connectivity index (χ2v) is 3.13. The predicted molar refractivity (Wildman–Crippen MR) is 49.1 cm³/mol. The van der Waals surface area contributed by atoms with Gasteiger partial charge in [-0.2, -0.15) is 0 Å². The molecule has 0 radical (unpaired) electrons. The summed E-state index contributed by atoms with van der Waals surface area (Å²) in [6.45, 7) is 4.27. The Labute approximate surface area is 71.8 Å². The van der Waals surface area contributed by atoms with Gasteiger partial charge in [0.15, 0.2) is 0 Å². The highest BCUT2D eigenvalue weighted by atomic mass is 16.1. The van der Waals surface area contributed by atoms with Gasteiger partial charge in [-0.15, -0.1) is 0 Å². The molecule has 1 atom stereocenters. The highest BCUT2D eigenvalue weighted by molar-refractivity contribution is 5.07. The summed E-state index contributed by atoms with van der Waals surface area (Å²) >= 11 is 0. The first-order chi connectivity index (χ1) is 5.61. The Hall–Kier alpha value is -1.09. The van der Waals surface area contributed by atoms with Gasteiger partial charge in [0.2, 0.25) is 0 Å². The summed E-state index contributed by atoms with van der Waals surface area (Å²) in [7, 11) is 0. The molecule has 0 fully saturated rings. The quantitative estimate of drug-likeness (QED) is 0.695. The third-order valence-electron chi connectivity index (χ3n) is 1.70. The summed E-state index contributed by atoms with van der Waals surface area (Å²) in [4.78, 5) is 11.4. The minimum Gasteiger partial charge on any atom is -0.326 e.